The lowest BCUT2D eigenvalue weighted by Gasteiger charge is -2.27. The Labute approximate surface area is 148 Å². The van der Waals surface area contributed by atoms with Crippen LogP contribution in [0.15, 0.2) is 4.42 Å². The molecule has 0 radical (unpaired) electrons. The molecule has 1 atom stereocenters. The molecule has 1 amide bonds. The van der Waals surface area contributed by atoms with Crippen molar-refractivity contribution in [3.8, 4) is 0 Å². The van der Waals surface area contributed by atoms with Gasteiger partial charge < -0.3 is 20.4 Å². The molecular weight excluding hydrogens is 322 g/mol. The Morgan fingerprint density at radius 2 is 1.96 bits per heavy atom. The van der Waals surface area contributed by atoms with Gasteiger partial charge in [0, 0.05) is 24.0 Å². The standard InChI is InChI=1S/C17H29N5O3/c1-16(2,3)15-21-20-14(25-15)13(24)11-7-6-8-22(11)12(23)9-19-17(4,5)10-18/h11,19H,6-10,18H2,1-5H3. The van der Waals surface area contributed by atoms with E-state index >= 15 is 0 Å². The van der Waals surface area contributed by atoms with E-state index in [4.69, 9.17) is 10.2 Å². The summed E-state index contributed by atoms with van der Waals surface area (Å²) < 4.78 is 5.54. The Bertz CT molecular complexity index is 632. The third kappa shape index (κ3) is 4.64. The maximum atomic E-state index is 12.7. The van der Waals surface area contributed by atoms with Crippen LogP contribution in [0.5, 0.6) is 0 Å². The topological polar surface area (TPSA) is 114 Å². The van der Waals surface area contributed by atoms with Crippen LogP contribution in [0.2, 0.25) is 0 Å². The van der Waals surface area contributed by atoms with E-state index in [1.165, 1.54) is 0 Å². The van der Waals surface area contributed by atoms with Gasteiger partial charge in [0.15, 0.2) is 0 Å². The van der Waals surface area contributed by atoms with Gasteiger partial charge >= 0.3 is 0 Å². The zero-order chi connectivity index (χ0) is 18.8. The van der Waals surface area contributed by atoms with Gasteiger partial charge in [-0.2, -0.15) is 0 Å². The highest BCUT2D eigenvalue weighted by Crippen LogP contribution is 2.24. The molecule has 1 aromatic rings. The first-order valence-corrected chi connectivity index (χ1v) is 8.68. The van der Waals surface area contributed by atoms with Gasteiger partial charge in [0.25, 0.3) is 5.89 Å². The first-order valence-electron chi connectivity index (χ1n) is 8.68. The number of aromatic nitrogens is 2. The number of likely N-dealkylation sites (tertiary alicyclic amines) is 1. The van der Waals surface area contributed by atoms with Crippen molar-refractivity contribution in [2.45, 2.75) is 64.5 Å². The summed E-state index contributed by atoms with van der Waals surface area (Å²) in [6, 6.07) is -0.538. The van der Waals surface area contributed by atoms with E-state index in [9.17, 15) is 9.59 Å². The fourth-order valence-electron chi connectivity index (χ4n) is 2.59. The van der Waals surface area contributed by atoms with Crippen LogP contribution in [-0.4, -0.2) is 58.0 Å². The van der Waals surface area contributed by atoms with E-state index in [1.54, 1.807) is 4.90 Å². The molecule has 8 nitrogen and oxygen atoms in total. The molecule has 1 aliphatic heterocycles. The number of rotatable bonds is 6. The molecule has 1 fully saturated rings. The van der Waals surface area contributed by atoms with E-state index in [2.05, 4.69) is 15.5 Å². The van der Waals surface area contributed by atoms with Gasteiger partial charge in [-0.3, -0.25) is 9.59 Å². The highest BCUT2D eigenvalue weighted by molar-refractivity contribution is 5.98. The lowest BCUT2D eigenvalue weighted by molar-refractivity contribution is -0.130. The summed E-state index contributed by atoms with van der Waals surface area (Å²) in [6.07, 6.45) is 1.39. The summed E-state index contributed by atoms with van der Waals surface area (Å²) in [4.78, 5) is 26.9. The first kappa shape index (κ1) is 19.5. The third-order valence-electron chi connectivity index (χ3n) is 4.38. The molecule has 2 rings (SSSR count). The van der Waals surface area contributed by atoms with E-state index < -0.39 is 6.04 Å². The van der Waals surface area contributed by atoms with Crippen molar-refractivity contribution < 1.29 is 14.0 Å². The Morgan fingerprint density at radius 1 is 1.28 bits per heavy atom. The SMILES string of the molecule is CC(C)(CN)NCC(=O)N1CCCC1C(=O)c1nnc(C(C)(C)C)o1. The van der Waals surface area contributed by atoms with Crippen LogP contribution in [0.4, 0.5) is 0 Å². The maximum Gasteiger partial charge on any atom is 0.286 e. The Kier molecular flexibility index (Phi) is 5.63. The van der Waals surface area contributed by atoms with E-state index in [0.717, 1.165) is 6.42 Å². The third-order valence-corrected chi connectivity index (χ3v) is 4.38. The number of hydrogen-bond donors (Lipinski definition) is 2. The van der Waals surface area contributed by atoms with Crippen molar-refractivity contribution in [1.82, 2.24) is 20.4 Å². The van der Waals surface area contributed by atoms with Crippen LogP contribution in [-0.2, 0) is 10.2 Å². The second-order valence-electron chi connectivity index (χ2n) is 8.21. The molecule has 3 N–H and O–H groups in total. The average molecular weight is 351 g/mol. The number of carbonyl (C=O) groups is 2. The molecule has 0 saturated carbocycles. The molecule has 1 aliphatic rings. The number of amides is 1. The van der Waals surface area contributed by atoms with Crippen molar-refractivity contribution in [2.75, 3.05) is 19.6 Å². The number of nitrogens with two attached hydrogens (primary N) is 1. The van der Waals surface area contributed by atoms with Crippen molar-refractivity contribution in [3.63, 3.8) is 0 Å². The molecule has 25 heavy (non-hydrogen) atoms. The van der Waals surface area contributed by atoms with Gasteiger partial charge in [0.05, 0.1) is 6.54 Å². The summed E-state index contributed by atoms with van der Waals surface area (Å²) in [5.74, 6) is -0.0113. The van der Waals surface area contributed by atoms with Crippen LogP contribution in [0.3, 0.4) is 0 Å². The molecule has 140 valence electrons. The molecule has 1 unspecified atom stereocenters. The predicted octanol–water partition coefficient (Wildman–Crippen LogP) is 0.868. The van der Waals surface area contributed by atoms with Crippen molar-refractivity contribution in [1.29, 1.82) is 0 Å². The molecule has 0 aromatic carbocycles. The summed E-state index contributed by atoms with van der Waals surface area (Å²) in [5, 5.41) is 11.0. The van der Waals surface area contributed by atoms with Crippen LogP contribution in [0.25, 0.3) is 0 Å². The predicted molar refractivity (Wildman–Crippen MR) is 93.2 cm³/mol. The summed E-state index contributed by atoms with van der Waals surface area (Å²) in [6.45, 7) is 10.8. The average Bonchev–Trinajstić information content (AvgIpc) is 3.20. The Balaban J connectivity index is 2.06. The van der Waals surface area contributed by atoms with Gasteiger partial charge in [-0.25, -0.2) is 0 Å². The van der Waals surface area contributed by atoms with Gasteiger partial charge in [-0.05, 0) is 26.7 Å². The van der Waals surface area contributed by atoms with Crippen molar-refractivity contribution >= 4 is 11.7 Å². The normalized spacial score (nSPS) is 18.6. The quantitative estimate of drug-likeness (QED) is 0.731. The van der Waals surface area contributed by atoms with Crippen LogP contribution < -0.4 is 11.1 Å². The van der Waals surface area contributed by atoms with E-state index in [1.807, 2.05) is 34.6 Å². The summed E-state index contributed by atoms with van der Waals surface area (Å²) in [7, 11) is 0. The van der Waals surface area contributed by atoms with Crippen LogP contribution in [0.1, 0.15) is 64.0 Å². The number of nitrogens with one attached hydrogen (secondary N) is 1. The Hall–Kier alpha value is -1.80. The highest BCUT2D eigenvalue weighted by atomic mass is 16.4. The van der Waals surface area contributed by atoms with E-state index in [-0.39, 0.29) is 35.1 Å². The number of carbonyl (C=O) groups excluding carboxylic acids is 2. The zero-order valence-electron chi connectivity index (χ0n) is 15.8. The minimum Gasteiger partial charge on any atom is -0.418 e. The minimum absolute atomic E-state index is 0.0233. The molecule has 0 bridgehead atoms. The fraction of sp³-hybridized carbons (Fsp3) is 0.765. The minimum atomic E-state index is -0.538. The first-order chi connectivity index (χ1) is 11.5. The fourth-order valence-corrected chi connectivity index (χ4v) is 2.59. The monoisotopic (exact) mass is 351 g/mol. The van der Waals surface area contributed by atoms with Crippen molar-refractivity contribution in [2.24, 2.45) is 5.73 Å². The number of ketones is 1. The molecule has 0 spiro atoms. The molecular formula is C17H29N5O3. The molecule has 8 heteroatoms. The zero-order valence-corrected chi connectivity index (χ0v) is 15.8. The lowest BCUT2D eigenvalue weighted by atomic mass is 9.97. The number of hydrogen-bond acceptors (Lipinski definition) is 7. The van der Waals surface area contributed by atoms with E-state index in [0.29, 0.717) is 25.4 Å². The lowest BCUT2D eigenvalue weighted by Crippen LogP contribution is -2.52. The summed E-state index contributed by atoms with van der Waals surface area (Å²) in [5.41, 5.74) is 5.01. The van der Waals surface area contributed by atoms with Gasteiger partial charge in [-0.1, -0.05) is 20.8 Å². The van der Waals surface area contributed by atoms with Gasteiger partial charge in [-0.15, -0.1) is 10.2 Å². The second-order valence-corrected chi connectivity index (χ2v) is 8.21. The van der Waals surface area contributed by atoms with Gasteiger partial charge in [0.2, 0.25) is 17.6 Å². The Morgan fingerprint density at radius 3 is 2.52 bits per heavy atom. The van der Waals surface area contributed by atoms with Crippen molar-refractivity contribution in [3.05, 3.63) is 11.8 Å². The van der Waals surface area contributed by atoms with Gasteiger partial charge in [0.1, 0.15) is 6.04 Å². The molecule has 1 saturated heterocycles. The van der Waals surface area contributed by atoms with Crippen LogP contribution >= 0.6 is 0 Å². The maximum absolute atomic E-state index is 12.7. The second kappa shape index (κ2) is 7.21. The number of nitrogens with zero attached hydrogens (tertiary/aromatic N) is 3. The largest absolute Gasteiger partial charge is 0.418 e. The smallest absolute Gasteiger partial charge is 0.286 e. The number of Topliss-reactive ketones (excluding diaryl/α,β-unsaturated/α-hetero) is 1. The summed E-state index contributed by atoms with van der Waals surface area (Å²) >= 11 is 0. The molecule has 2 heterocycles. The molecule has 0 aliphatic carbocycles. The molecule has 1 aromatic heterocycles. The van der Waals surface area contributed by atoms with Crippen LogP contribution in [0, 0.1) is 0 Å². The highest BCUT2D eigenvalue weighted by Gasteiger charge is 2.37.